The summed E-state index contributed by atoms with van der Waals surface area (Å²) in [6, 6.07) is 14.3. The van der Waals surface area contributed by atoms with Gasteiger partial charge in [0, 0.05) is 11.1 Å². The minimum Gasteiger partial charge on any atom is -0.507 e. The minimum absolute atomic E-state index is 0. The zero-order valence-electron chi connectivity index (χ0n) is 9.05. The lowest BCUT2D eigenvalue weighted by Crippen LogP contribution is -2.12. The molecule has 0 unspecified atom stereocenters. The number of nitrogens with two attached hydrogens (primary N) is 1. The summed E-state index contributed by atoms with van der Waals surface area (Å²) in [6.07, 6.45) is 0. The number of benzene rings is 2. The van der Waals surface area contributed by atoms with Crippen LogP contribution in [-0.4, -0.2) is 10.9 Å². The lowest BCUT2D eigenvalue weighted by atomic mass is 9.98. The monoisotopic (exact) mass is 248 g/mol. The number of halogens is 1. The SMILES string of the molecule is Cl.N=C(N)c1ccccc1-c1ccccc1O. The zero-order valence-corrected chi connectivity index (χ0v) is 9.87. The Morgan fingerprint density at radius 3 is 2.06 bits per heavy atom. The van der Waals surface area contributed by atoms with Gasteiger partial charge in [0.15, 0.2) is 0 Å². The first-order valence-electron chi connectivity index (χ1n) is 4.92. The van der Waals surface area contributed by atoms with Crippen LogP contribution in [0.15, 0.2) is 48.5 Å². The first kappa shape index (κ1) is 13.1. The fourth-order valence-corrected chi connectivity index (χ4v) is 1.65. The molecule has 4 heteroatoms. The standard InChI is InChI=1S/C13H12N2O.ClH/c14-13(15)11-7-2-1-5-9(11)10-6-3-4-8-12(10)16;/h1-8,16H,(H3,14,15);1H. The van der Waals surface area contributed by atoms with Crippen molar-refractivity contribution in [2.45, 2.75) is 0 Å². The van der Waals surface area contributed by atoms with Crippen LogP contribution >= 0.6 is 12.4 Å². The molecule has 0 fully saturated rings. The summed E-state index contributed by atoms with van der Waals surface area (Å²) in [7, 11) is 0. The van der Waals surface area contributed by atoms with Gasteiger partial charge in [-0.05, 0) is 11.6 Å². The second-order valence-electron chi connectivity index (χ2n) is 3.48. The highest BCUT2D eigenvalue weighted by Gasteiger charge is 2.09. The maximum absolute atomic E-state index is 9.76. The Labute approximate surface area is 106 Å². The maximum atomic E-state index is 9.76. The van der Waals surface area contributed by atoms with Gasteiger partial charge in [0.2, 0.25) is 0 Å². The molecule has 4 N–H and O–H groups in total. The van der Waals surface area contributed by atoms with E-state index >= 15 is 0 Å². The van der Waals surface area contributed by atoms with Crippen molar-refractivity contribution in [3.05, 3.63) is 54.1 Å². The van der Waals surface area contributed by atoms with Gasteiger partial charge in [-0.15, -0.1) is 12.4 Å². The van der Waals surface area contributed by atoms with Gasteiger partial charge >= 0.3 is 0 Å². The topological polar surface area (TPSA) is 70.1 Å². The van der Waals surface area contributed by atoms with Crippen LogP contribution < -0.4 is 5.73 Å². The molecule has 2 aromatic rings. The van der Waals surface area contributed by atoms with E-state index in [0.717, 1.165) is 5.56 Å². The number of amidine groups is 1. The third kappa shape index (κ3) is 2.57. The van der Waals surface area contributed by atoms with Gasteiger partial charge in [-0.3, -0.25) is 5.41 Å². The molecule has 0 aliphatic carbocycles. The van der Waals surface area contributed by atoms with Crippen molar-refractivity contribution in [2.75, 3.05) is 0 Å². The second-order valence-corrected chi connectivity index (χ2v) is 3.48. The molecular weight excluding hydrogens is 236 g/mol. The summed E-state index contributed by atoms with van der Waals surface area (Å²) in [5, 5.41) is 17.3. The first-order chi connectivity index (χ1) is 7.70. The molecule has 0 saturated carbocycles. The van der Waals surface area contributed by atoms with E-state index in [9.17, 15) is 5.11 Å². The average molecular weight is 249 g/mol. The Morgan fingerprint density at radius 1 is 0.941 bits per heavy atom. The van der Waals surface area contributed by atoms with Gasteiger partial charge in [0.05, 0.1) is 0 Å². The van der Waals surface area contributed by atoms with E-state index in [0.29, 0.717) is 11.1 Å². The Morgan fingerprint density at radius 2 is 1.47 bits per heavy atom. The fraction of sp³-hybridized carbons (Fsp3) is 0. The lowest BCUT2D eigenvalue weighted by molar-refractivity contribution is 0.477. The molecule has 2 rings (SSSR count). The van der Waals surface area contributed by atoms with Gasteiger partial charge < -0.3 is 10.8 Å². The molecule has 0 aliphatic rings. The zero-order chi connectivity index (χ0) is 11.5. The Hall–Kier alpha value is -2.00. The van der Waals surface area contributed by atoms with Crippen LogP contribution in [0.4, 0.5) is 0 Å². The van der Waals surface area contributed by atoms with Crippen LogP contribution in [0.3, 0.4) is 0 Å². The number of phenols is 1. The van der Waals surface area contributed by atoms with Gasteiger partial charge in [0.25, 0.3) is 0 Å². The molecule has 0 radical (unpaired) electrons. The van der Waals surface area contributed by atoms with Crippen molar-refractivity contribution in [2.24, 2.45) is 5.73 Å². The average Bonchev–Trinajstić information content (AvgIpc) is 2.29. The smallest absolute Gasteiger partial charge is 0.123 e. The molecular formula is C13H13ClN2O. The lowest BCUT2D eigenvalue weighted by Gasteiger charge is -2.09. The third-order valence-corrected chi connectivity index (χ3v) is 2.41. The van der Waals surface area contributed by atoms with E-state index in [4.69, 9.17) is 11.1 Å². The summed E-state index contributed by atoms with van der Waals surface area (Å²) in [4.78, 5) is 0. The quantitative estimate of drug-likeness (QED) is 0.565. The molecule has 3 nitrogen and oxygen atoms in total. The number of rotatable bonds is 2. The number of hydrogen-bond acceptors (Lipinski definition) is 2. The van der Waals surface area contributed by atoms with E-state index in [2.05, 4.69) is 0 Å². The Balaban J connectivity index is 0.00000144. The molecule has 0 aromatic heterocycles. The number of hydrogen-bond donors (Lipinski definition) is 3. The second kappa shape index (κ2) is 5.37. The van der Waals surface area contributed by atoms with Crippen molar-refractivity contribution < 1.29 is 5.11 Å². The highest BCUT2D eigenvalue weighted by molar-refractivity contribution is 6.02. The molecule has 17 heavy (non-hydrogen) atoms. The highest BCUT2D eigenvalue weighted by atomic mass is 35.5. The van der Waals surface area contributed by atoms with Gasteiger partial charge in [-0.25, -0.2) is 0 Å². The first-order valence-corrected chi connectivity index (χ1v) is 4.92. The molecule has 0 amide bonds. The van der Waals surface area contributed by atoms with Crippen LogP contribution in [0.25, 0.3) is 11.1 Å². The molecule has 88 valence electrons. The number of aromatic hydroxyl groups is 1. The number of nitrogen functional groups attached to an aromatic ring is 1. The summed E-state index contributed by atoms with van der Waals surface area (Å²) in [6.45, 7) is 0. The maximum Gasteiger partial charge on any atom is 0.123 e. The largest absolute Gasteiger partial charge is 0.507 e. The molecule has 0 aliphatic heterocycles. The van der Waals surface area contributed by atoms with Crippen LogP contribution in [0.5, 0.6) is 5.75 Å². The van der Waals surface area contributed by atoms with E-state index in [-0.39, 0.29) is 24.0 Å². The van der Waals surface area contributed by atoms with E-state index in [1.165, 1.54) is 0 Å². The van der Waals surface area contributed by atoms with Crippen molar-refractivity contribution >= 4 is 18.2 Å². The van der Waals surface area contributed by atoms with Crippen LogP contribution in [0, 0.1) is 5.41 Å². The van der Waals surface area contributed by atoms with E-state index in [1.807, 2.05) is 24.3 Å². The normalized spacial score (nSPS) is 9.41. The van der Waals surface area contributed by atoms with Crippen molar-refractivity contribution in [1.82, 2.24) is 0 Å². The molecule has 0 saturated heterocycles. The van der Waals surface area contributed by atoms with Crippen LogP contribution in [-0.2, 0) is 0 Å². The summed E-state index contributed by atoms with van der Waals surface area (Å²) < 4.78 is 0. The molecule has 0 spiro atoms. The van der Waals surface area contributed by atoms with Crippen molar-refractivity contribution in [3.8, 4) is 16.9 Å². The number of phenolic OH excluding ortho intramolecular Hbond substituents is 1. The highest BCUT2D eigenvalue weighted by Crippen LogP contribution is 2.30. The van der Waals surface area contributed by atoms with Gasteiger partial charge in [-0.1, -0.05) is 42.5 Å². The van der Waals surface area contributed by atoms with Gasteiger partial charge in [0.1, 0.15) is 11.6 Å². The van der Waals surface area contributed by atoms with E-state index in [1.54, 1.807) is 24.3 Å². The summed E-state index contributed by atoms with van der Waals surface area (Å²) >= 11 is 0. The van der Waals surface area contributed by atoms with E-state index < -0.39 is 0 Å². The Kier molecular flexibility index (Phi) is 4.12. The minimum atomic E-state index is -0.00106. The molecule has 0 atom stereocenters. The molecule has 0 heterocycles. The third-order valence-electron chi connectivity index (χ3n) is 2.41. The fourth-order valence-electron chi connectivity index (χ4n) is 1.65. The number of para-hydroxylation sites is 1. The molecule has 0 bridgehead atoms. The summed E-state index contributed by atoms with van der Waals surface area (Å²) in [5.74, 6) is 0.190. The predicted molar refractivity (Wildman–Crippen MR) is 71.8 cm³/mol. The van der Waals surface area contributed by atoms with Crippen molar-refractivity contribution in [3.63, 3.8) is 0 Å². The predicted octanol–water partition coefficient (Wildman–Crippen LogP) is 2.77. The molecule has 2 aromatic carbocycles. The summed E-state index contributed by atoms with van der Waals surface area (Å²) in [5.41, 5.74) is 7.59. The Bertz CT molecular complexity index is 540. The van der Waals surface area contributed by atoms with Crippen molar-refractivity contribution in [1.29, 1.82) is 5.41 Å². The number of nitrogens with one attached hydrogen (secondary N) is 1. The van der Waals surface area contributed by atoms with Crippen LogP contribution in [0.2, 0.25) is 0 Å². The van der Waals surface area contributed by atoms with Gasteiger partial charge in [-0.2, -0.15) is 0 Å². The van der Waals surface area contributed by atoms with Crippen LogP contribution in [0.1, 0.15) is 5.56 Å².